The summed E-state index contributed by atoms with van der Waals surface area (Å²) < 4.78 is 66.4. The summed E-state index contributed by atoms with van der Waals surface area (Å²) in [6, 6.07) is 8.34. The van der Waals surface area contributed by atoms with E-state index < -0.39 is 47.4 Å². The second kappa shape index (κ2) is 12.8. The van der Waals surface area contributed by atoms with E-state index in [9.17, 15) is 40.6 Å². The summed E-state index contributed by atoms with van der Waals surface area (Å²) in [6.07, 6.45) is 0. The van der Waals surface area contributed by atoms with Gasteiger partial charge < -0.3 is 15.7 Å². The molecule has 5 N–H and O–H groups in total. The Balaban J connectivity index is 0.00000342. The fraction of sp³-hybridized carbons (Fsp3) is 0.100. The number of anilines is 2. The first kappa shape index (κ1) is 33.1. The summed E-state index contributed by atoms with van der Waals surface area (Å²) in [7, 11) is -9.81. The summed E-state index contributed by atoms with van der Waals surface area (Å²) in [5.74, 6) is -1.82. The number of carbonyl (C=O) groups is 2. The van der Waals surface area contributed by atoms with Crippen LogP contribution in [-0.2, 0) is 29.8 Å². The Bertz CT molecular complexity index is 1610. The number of aromatic hydroxyl groups is 1. The van der Waals surface area contributed by atoms with Gasteiger partial charge in [0.1, 0.15) is 10.6 Å². The summed E-state index contributed by atoms with van der Waals surface area (Å²) in [5.41, 5.74) is -0.336. The smallest absolute Gasteiger partial charge is 0.296 e. The van der Waals surface area contributed by atoms with Gasteiger partial charge in [0.05, 0.1) is 16.3 Å². The van der Waals surface area contributed by atoms with Gasteiger partial charge >= 0.3 is 0 Å². The minimum absolute atomic E-state index is 0. The first-order valence-corrected chi connectivity index (χ1v) is 12.4. The number of amides is 2. The van der Waals surface area contributed by atoms with Crippen molar-refractivity contribution in [2.45, 2.75) is 23.6 Å². The molecule has 0 spiro atoms. The molecule has 0 unspecified atom stereocenters. The predicted octanol–water partition coefficient (Wildman–Crippen LogP) is 2.61. The number of benzene rings is 3. The van der Waals surface area contributed by atoms with E-state index in [0.29, 0.717) is 5.69 Å². The number of rotatable bonds is 6. The molecular weight excluding hydrogens is 550 g/mol. The van der Waals surface area contributed by atoms with Crippen molar-refractivity contribution in [3.63, 3.8) is 0 Å². The maximum absolute atomic E-state index is 12.0. The van der Waals surface area contributed by atoms with Crippen LogP contribution in [-0.4, -0.2) is 102 Å². The molecule has 0 heterocycles. The number of phenols is 1. The summed E-state index contributed by atoms with van der Waals surface area (Å²) in [5, 5.41) is 22.8. The quantitative estimate of drug-likeness (QED) is 0.168. The Hall–Kier alpha value is -1.92. The number of nitrogens with zero attached hydrogens (tertiary/aromatic N) is 2. The number of carbonyl (C=O) groups excluding carboxylic acids is 2. The van der Waals surface area contributed by atoms with Crippen molar-refractivity contribution in [2.24, 2.45) is 10.2 Å². The van der Waals surface area contributed by atoms with E-state index in [-0.39, 0.29) is 87.2 Å². The van der Waals surface area contributed by atoms with Gasteiger partial charge in [-0.2, -0.15) is 21.9 Å². The maximum atomic E-state index is 12.0. The molecule has 0 atom stereocenters. The van der Waals surface area contributed by atoms with Crippen LogP contribution in [0.2, 0.25) is 0 Å². The van der Waals surface area contributed by atoms with Gasteiger partial charge in [-0.25, -0.2) is 0 Å². The number of nitrogens with one attached hydrogen (secondary N) is 2. The third-order valence-corrected chi connectivity index (χ3v) is 6.16. The molecule has 2 radical (unpaired) electrons. The van der Waals surface area contributed by atoms with Gasteiger partial charge in [-0.1, -0.05) is 0 Å². The van der Waals surface area contributed by atoms with Gasteiger partial charge in [0.15, 0.2) is 5.75 Å². The van der Waals surface area contributed by atoms with Crippen molar-refractivity contribution in [2.75, 3.05) is 10.6 Å². The van der Waals surface area contributed by atoms with Gasteiger partial charge in [0.25, 0.3) is 20.2 Å². The summed E-state index contributed by atoms with van der Waals surface area (Å²) >= 11 is 0. The van der Waals surface area contributed by atoms with E-state index >= 15 is 0 Å². The predicted molar refractivity (Wildman–Crippen MR) is 136 cm³/mol. The molecule has 3 rings (SSSR count). The number of phenolic OH excluding ortho intramolecular Hbond substituents is 1. The Morgan fingerprint density at radius 1 is 0.811 bits per heavy atom. The Kier molecular flexibility index (Phi) is 11.4. The van der Waals surface area contributed by atoms with E-state index in [1.807, 2.05) is 0 Å². The van der Waals surface area contributed by atoms with Crippen LogP contribution in [0.25, 0.3) is 10.8 Å². The normalized spacial score (nSPS) is 11.5. The number of fused-ring (bicyclic) bond motifs is 1. The molecule has 2 amide bonds. The average Bonchev–Trinajstić information content (AvgIpc) is 2.71. The van der Waals surface area contributed by atoms with Crippen molar-refractivity contribution in [1.82, 2.24) is 0 Å². The molecule has 0 saturated heterocycles. The van der Waals surface area contributed by atoms with Gasteiger partial charge in [0, 0.05) is 84.0 Å². The number of azo groups is 1. The topological polar surface area (TPSA) is 212 Å². The Morgan fingerprint density at radius 2 is 1.38 bits per heavy atom. The first-order valence-electron chi connectivity index (χ1n) is 9.52. The second-order valence-electron chi connectivity index (χ2n) is 7.20. The van der Waals surface area contributed by atoms with Crippen LogP contribution in [0.1, 0.15) is 13.8 Å². The van der Waals surface area contributed by atoms with Gasteiger partial charge in [0.2, 0.25) is 11.8 Å². The van der Waals surface area contributed by atoms with Gasteiger partial charge in [-0.15, -0.1) is 5.11 Å². The second-order valence-corrected chi connectivity index (χ2v) is 10.0. The van der Waals surface area contributed by atoms with Crippen molar-refractivity contribution in [3.8, 4) is 5.75 Å². The van der Waals surface area contributed by atoms with Crippen LogP contribution in [0.15, 0.2) is 62.5 Å². The van der Waals surface area contributed by atoms with Crippen LogP contribution < -0.4 is 10.6 Å². The van der Waals surface area contributed by atoms with E-state index in [4.69, 9.17) is 0 Å². The zero-order valence-electron chi connectivity index (χ0n) is 20.0. The van der Waals surface area contributed by atoms with Crippen LogP contribution in [0, 0.1) is 0 Å². The molecule has 186 valence electrons. The first-order chi connectivity index (χ1) is 16.2. The monoisotopic (exact) mass is 568 g/mol. The number of hydrogen-bond donors (Lipinski definition) is 5. The molecule has 0 aliphatic heterocycles. The molecule has 0 bridgehead atoms. The summed E-state index contributed by atoms with van der Waals surface area (Å²) in [4.78, 5) is 21.1. The zero-order valence-corrected chi connectivity index (χ0v) is 25.7. The molecule has 3 aromatic rings. The molecule has 0 saturated carbocycles. The van der Waals surface area contributed by atoms with Crippen molar-refractivity contribution < 1.29 is 40.6 Å². The largest absolute Gasteiger partial charge is 0.505 e. The Morgan fingerprint density at radius 3 is 1.86 bits per heavy atom. The molecule has 0 fully saturated rings. The van der Waals surface area contributed by atoms with Crippen molar-refractivity contribution in [3.05, 3.63) is 42.5 Å². The third kappa shape index (κ3) is 8.28. The molecule has 37 heavy (non-hydrogen) atoms. The molecule has 3 aromatic carbocycles. The standard InChI is InChI=1S/C20H18N4O9S2.2Na/c1-10(25)21-13-3-5-14(6-4-13)23-24-19-17(35(31,32)33)8-12-7-15(34(28,29)30)9-16(22-11(2)26)18(12)20(19)27;;/h3-9,27H,1-2H3,(H,21,25)(H,22,26)(H,28,29,30)(H,31,32,33);;. The number of hydrogen-bond acceptors (Lipinski definition) is 9. The molecule has 0 aliphatic carbocycles. The molecule has 0 aliphatic rings. The SMILES string of the molecule is CC(=O)Nc1ccc(N=Nc2c(S(=O)(=O)O)cc3cc(S(=O)(=O)O)cc(NC(C)=O)c3c2O)cc1.[Na].[Na]. The van der Waals surface area contributed by atoms with Crippen molar-refractivity contribution in [1.29, 1.82) is 0 Å². The zero-order chi connectivity index (χ0) is 26.1. The molecule has 0 aromatic heterocycles. The van der Waals surface area contributed by atoms with Crippen LogP contribution in [0.3, 0.4) is 0 Å². The van der Waals surface area contributed by atoms with Gasteiger partial charge in [-0.3, -0.25) is 18.7 Å². The van der Waals surface area contributed by atoms with Crippen LogP contribution >= 0.6 is 0 Å². The van der Waals surface area contributed by atoms with Crippen LogP contribution in [0.4, 0.5) is 22.7 Å². The fourth-order valence-corrected chi connectivity index (χ4v) is 4.31. The van der Waals surface area contributed by atoms with Gasteiger partial charge in [-0.05, 0) is 47.9 Å². The minimum Gasteiger partial charge on any atom is -0.505 e. The maximum Gasteiger partial charge on any atom is 0.296 e. The average molecular weight is 568 g/mol. The van der Waals surface area contributed by atoms with E-state index in [0.717, 1.165) is 25.1 Å². The fourth-order valence-electron chi connectivity index (χ4n) is 3.11. The molecular formula is C20H18N4Na2O9S2. The summed E-state index contributed by atoms with van der Waals surface area (Å²) in [6.45, 7) is 2.42. The minimum atomic E-state index is -5.02. The molecule has 13 nitrogen and oxygen atoms in total. The van der Waals surface area contributed by atoms with E-state index in [2.05, 4.69) is 20.9 Å². The van der Waals surface area contributed by atoms with E-state index in [1.54, 1.807) is 0 Å². The Labute approximate surface area is 255 Å². The van der Waals surface area contributed by atoms with Crippen molar-refractivity contribution >= 4 is 125 Å². The van der Waals surface area contributed by atoms with Crippen LogP contribution in [0.5, 0.6) is 5.75 Å². The molecule has 17 heteroatoms. The third-order valence-electron chi connectivity index (χ3n) is 4.46. The van der Waals surface area contributed by atoms with E-state index in [1.165, 1.54) is 31.2 Å².